The number of ether oxygens (including phenoxy) is 1. The molecule has 0 unspecified atom stereocenters. The summed E-state index contributed by atoms with van der Waals surface area (Å²) in [5, 5.41) is 5.66. The van der Waals surface area contributed by atoms with Gasteiger partial charge in [-0.1, -0.05) is 13.8 Å². The van der Waals surface area contributed by atoms with Crippen LogP contribution in [0.2, 0.25) is 0 Å². The van der Waals surface area contributed by atoms with Crippen molar-refractivity contribution in [2.75, 3.05) is 33.4 Å². The van der Waals surface area contributed by atoms with E-state index in [1.807, 2.05) is 0 Å². The van der Waals surface area contributed by atoms with E-state index in [-0.39, 0.29) is 0 Å². The van der Waals surface area contributed by atoms with Crippen molar-refractivity contribution in [2.24, 2.45) is 0 Å². The molecule has 1 heterocycles. The van der Waals surface area contributed by atoms with Gasteiger partial charge in [0.05, 0.1) is 6.61 Å². The van der Waals surface area contributed by atoms with Crippen LogP contribution in [0.5, 0.6) is 0 Å². The summed E-state index contributed by atoms with van der Waals surface area (Å²) in [5.74, 6) is 0. The van der Waals surface area contributed by atoms with Gasteiger partial charge in [-0.2, -0.15) is 0 Å². The molecule has 0 atom stereocenters. The van der Waals surface area contributed by atoms with Gasteiger partial charge in [-0.25, -0.2) is 0 Å². The Kier molecular flexibility index (Phi) is 9.72. The van der Waals surface area contributed by atoms with Gasteiger partial charge in [-0.3, -0.25) is 4.90 Å². The minimum atomic E-state index is 0.669. The van der Waals surface area contributed by atoms with Gasteiger partial charge in [0.2, 0.25) is 0 Å². The first-order chi connectivity index (χ1) is 9.71. The number of rotatable bonds is 11. The van der Waals surface area contributed by atoms with E-state index in [0.29, 0.717) is 6.04 Å². The van der Waals surface area contributed by atoms with Crippen molar-refractivity contribution in [3.63, 3.8) is 0 Å². The van der Waals surface area contributed by atoms with E-state index in [0.717, 1.165) is 32.8 Å². The Balaban J connectivity index is 2.29. The molecular weight excluding hydrogens is 336 g/mol. The molecule has 0 radical (unpaired) electrons. The third-order valence-electron chi connectivity index (χ3n) is 3.54. The van der Waals surface area contributed by atoms with E-state index in [2.05, 4.69) is 51.4 Å². The van der Waals surface area contributed by atoms with E-state index < -0.39 is 0 Å². The first-order valence-corrected chi connectivity index (χ1v) is 9.05. The maximum Gasteiger partial charge on any atom is 0.0589 e. The minimum Gasteiger partial charge on any atom is -0.383 e. The summed E-state index contributed by atoms with van der Waals surface area (Å²) in [6.07, 6.45) is 2.41. The Morgan fingerprint density at radius 1 is 1.35 bits per heavy atom. The van der Waals surface area contributed by atoms with Crippen LogP contribution < -0.4 is 5.32 Å². The standard InChI is InChI=1S/C15H27BrN2OS/c1-4-14(5-2)18(8-9-19-3)7-6-17-11-15-10-13(16)12-20-15/h10,12,14,17H,4-9,11H2,1-3H3. The lowest BCUT2D eigenvalue weighted by molar-refractivity contribution is 0.116. The summed E-state index contributed by atoms with van der Waals surface area (Å²) >= 11 is 5.29. The van der Waals surface area contributed by atoms with Crippen molar-refractivity contribution >= 4 is 27.3 Å². The molecule has 0 aliphatic rings. The van der Waals surface area contributed by atoms with Crippen molar-refractivity contribution in [3.8, 4) is 0 Å². The molecule has 3 nitrogen and oxygen atoms in total. The summed E-state index contributed by atoms with van der Waals surface area (Å²) in [6, 6.07) is 2.85. The molecule has 116 valence electrons. The maximum absolute atomic E-state index is 5.22. The molecule has 0 saturated heterocycles. The Labute approximate surface area is 135 Å². The molecule has 0 aromatic carbocycles. The maximum atomic E-state index is 5.22. The SMILES string of the molecule is CCC(CC)N(CCNCc1cc(Br)cs1)CCOC. The second-order valence-corrected chi connectivity index (χ2v) is 6.82. The van der Waals surface area contributed by atoms with E-state index in [4.69, 9.17) is 4.74 Å². The highest BCUT2D eigenvalue weighted by Gasteiger charge is 2.14. The zero-order valence-electron chi connectivity index (χ0n) is 12.8. The van der Waals surface area contributed by atoms with Crippen molar-refractivity contribution in [1.82, 2.24) is 10.2 Å². The fraction of sp³-hybridized carbons (Fsp3) is 0.733. The van der Waals surface area contributed by atoms with Gasteiger partial charge in [-0.15, -0.1) is 11.3 Å². The largest absolute Gasteiger partial charge is 0.383 e. The number of hydrogen-bond donors (Lipinski definition) is 1. The number of methoxy groups -OCH3 is 1. The molecule has 1 N–H and O–H groups in total. The van der Waals surface area contributed by atoms with Gasteiger partial charge >= 0.3 is 0 Å². The molecule has 0 bridgehead atoms. The fourth-order valence-electron chi connectivity index (χ4n) is 2.37. The molecule has 20 heavy (non-hydrogen) atoms. The Bertz CT molecular complexity index is 355. The fourth-order valence-corrected chi connectivity index (χ4v) is 3.79. The van der Waals surface area contributed by atoms with Gasteiger partial charge in [0.1, 0.15) is 0 Å². The molecule has 1 aromatic rings. The third kappa shape index (κ3) is 6.68. The predicted octanol–water partition coefficient (Wildman–Crippen LogP) is 3.74. The van der Waals surface area contributed by atoms with Crippen LogP contribution in [0.25, 0.3) is 0 Å². The van der Waals surface area contributed by atoms with Crippen molar-refractivity contribution in [2.45, 2.75) is 39.3 Å². The van der Waals surface area contributed by atoms with Crippen molar-refractivity contribution in [3.05, 3.63) is 20.8 Å². The van der Waals surface area contributed by atoms with Crippen LogP contribution in [0, 0.1) is 0 Å². The molecule has 1 rings (SSSR count). The highest BCUT2D eigenvalue weighted by Crippen LogP contribution is 2.19. The van der Waals surface area contributed by atoms with Gasteiger partial charge in [-0.05, 0) is 34.8 Å². The Morgan fingerprint density at radius 2 is 2.10 bits per heavy atom. The van der Waals surface area contributed by atoms with Crippen LogP contribution in [0.1, 0.15) is 31.6 Å². The molecule has 5 heteroatoms. The van der Waals surface area contributed by atoms with Crippen LogP contribution in [0.15, 0.2) is 15.9 Å². The van der Waals surface area contributed by atoms with Crippen LogP contribution in [-0.4, -0.2) is 44.3 Å². The van der Waals surface area contributed by atoms with Crippen LogP contribution >= 0.6 is 27.3 Å². The van der Waals surface area contributed by atoms with E-state index in [1.54, 1.807) is 18.4 Å². The molecule has 0 saturated carbocycles. The van der Waals surface area contributed by atoms with E-state index in [9.17, 15) is 0 Å². The summed E-state index contributed by atoms with van der Waals surface area (Å²) in [5.41, 5.74) is 0. The van der Waals surface area contributed by atoms with Crippen molar-refractivity contribution in [1.29, 1.82) is 0 Å². The van der Waals surface area contributed by atoms with Gasteiger partial charge < -0.3 is 10.1 Å². The van der Waals surface area contributed by atoms with Gasteiger partial charge in [0, 0.05) is 54.1 Å². The summed E-state index contributed by atoms with van der Waals surface area (Å²) < 4.78 is 6.40. The zero-order valence-corrected chi connectivity index (χ0v) is 15.2. The Morgan fingerprint density at radius 3 is 2.65 bits per heavy atom. The van der Waals surface area contributed by atoms with E-state index in [1.165, 1.54) is 22.2 Å². The van der Waals surface area contributed by atoms with E-state index >= 15 is 0 Å². The normalized spacial score (nSPS) is 11.7. The second-order valence-electron chi connectivity index (χ2n) is 4.91. The quantitative estimate of drug-likeness (QED) is 0.606. The summed E-state index contributed by atoms with van der Waals surface area (Å²) in [6.45, 7) is 9.44. The van der Waals surface area contributed by atoms with Crippen molar-refractivity contribution < 1.29 is 4.74 Å². The lowest BCUT2D eigenvalue weighted by Crippen LogP contribution is -2.41. The molecule has 0 amide bonds. The first kappa shape index (κ1) is 18.1. The molecular formula is C15H27BrN2OS. The number of halogens is 1. The lowest BCUT2D eigenvalue weighted by atomic mass is 10.1. The third-order valence-corrected chi connectivity index (χ3v) is 5.24. The molecule has 0 aliphatic heterocycles. The lowest BCUT2D eigenvalue weighted by Gasteiger charge is -2.30. The number of nitrogens with one attached hydrogen (secondary N) is 1. The van der Waals surface area contributed by atoms with Gasteiger partial charge in [0.15, 0.2) is 0 Å². The molecule has 0 aliphatic carbocycles. The summed E-state index contributed by atoms with van der Waals surface area (Å²) in [4.78, 5) is 3.92. The highest BCUT2D eigenvalue weighted by molar-refractivity contribution is 9.10. The number of nitrogens with zero attached hydrogens (tertiary/aromatic N) is 1. The summed E-state index contributed by atoms with van der Waals surface area (Å²) in [7, 11) is 1.78. The average molecular weight is 363 g/mol. The second kappa shape index (κ2) is 10.7. The smallest absolute Gasteiger partial charge is 0.0589 e. The Hall–Kier alpha value is 0.0600. The minimum absolute atomic E-state index is 0.669. The van der Waals surface area contributed by atoms with Gasteiger partial charge in [0.25, 0.3) is 0 Å². The monoisotopic (exact) mass is 362 g/mol. The van der Waals surface area contributed by atoms with Crippen LogP contribution in [0.4, 0.5) is 0 Å². The zero-order chi connectivity index (χ0) is 14.8. The first-order valence-electron chi connectivity index (χ1n) is 7.37. The topological polar surface area (TPSA) is 24.5 Å². The molecule has 1 aromatic heterocycles. The van der Waals surface area contributed by atoms with Crippen LogP contribution in [-0.2, 0) is 11.3 Å². The average Bonchev–Trinajstić information content (AvgIpc) is 2.86. The molecule has 0 fully saturated rings. The van der Waals surface area contributed by atoms with Crippen LogP contribution in [0.3, 0.4) is 0 Å². The number of thiophene rings is 1. The predicted molar refractivity (Wildman–Crippen MR) is 91.5 cm³/mol. The highest BCUT2D eigenvalue weighted by atomic mass is 79.9. The number of hydrogen-bond acceptors (Lipinski definition) is 4. The molecule has 0 spiro atoms.